The van der Waals surface area contributed by atoms with Crippen LogP contribution in [0.25, 0.3) is 0 Å². The third-order valence-corrected chi connectivity index (χ3v) is 3.74. The van der Waals surface area contributed by atoms with Crippen LogP contribution in [0.2, 0.25) is 0 Å². The highest BCUT2D eigenvalue weighted by molar-refractivity contribution is 9.12. The number of allylic oxidation sites excluding steroid dienone is 1. The van der Waals surface area contributed by atoms with Gasteiger partial charge in [0.2, 0.25) is 0 Å². The molecule has 1 aliphatic carbocycles. The quantitative estimate of drug-likeness (QED) is 0.810. The summed E-state index contributed by atoms with van der Waals surface area (Å²) in [5.74, 6) is -0.351. The molecule has 0 saturated carbocycles. The van der Waals surface area contributed by atoms with Gasteiger partial charge in [-0.3, -0.25) is 0 Å². The van der Waals surface area contributed by atoms with Crippen LogP contribution >= 0.6 is 31.9 Å². The maximum Gasteiger partial charge on any atom is 0.149 e. The molecule has 0 aliphatic heterocycles. The van der Waals surface area contributed by atoms with Gasteiger partial charge in [0.1, 0.15) is 17.6 Å². The van der Waals surface area contributed by atoms with Gasteiger partial charge in [-0.05, 0) is 31.9 Å². The van der Waals surface area contributed by atoms with Gasteiger partial charge in [0, 0.05) is 6.42 Å². The van der Waals surface area contributed by atoms with Crippen LogP contribution in [0, 0.1) is 17.2 Å². The Morgan fingerprint density at radius 3 is 2.60 bits per heavy atom. The molecule has 0 heterocycles. The molecule has 0 amide bonds. The van der Waals surface area contributed by atoms with Gasteiger partial charge in [0.25, 0.3) is 0 Å². The first-order valence-electron chi connectivity index (χ1n) is 4.12. The smallest absolute Gasteiger partial charge is 0.149 e. The van der Waals surface area contributed by atoms with Crippen molar-refractivity contribution < 1.29 is 14.9 Å². The number of methoxy groups -OCH3 is 1. The number of rotatable bonds is 2. The Morgan fingerprint density at radius 1 is 1.53 bits per heavy atom. The molecule has 4 nitrogen and oxygen atoms in total. The third kappa shape index (κ3) is 2.19. The summed E-state index contributed by atoms with van der Waals surface area (Å²) in [7, 11) is 1.43. The van der Waals surface area contributed by atoms with Gasteiger partial charge in [0.15, 0.2) is 0 Å². The second kappa shape index (κ2) is 5.01. The van der Waals surface area contributed by atoms with Crippen molar-refractivity contribution in [3.05, 3.63) is 20.5 Å². The summed E-state index contributed by atoms with van der Waals surface area (Å²) in [6.45, 7) is 0. The highest BCUT2D eigenvalue weighted by atomic mass is 79.9. The molecule has 0 aromatic rings. The van der Waals surface area contributed by atoms with Gasteiger partial charge in [-0.1, -0.05) is 0 Å². The Bertz CT molecular complexity index is 370. The first-order chi connectivity index (χ1) is 7.04. The lowest BCUT2D eigenvalue weighted by Crippen LogP contribution is -2.28. The largest absolute Gasteiger partial charge is 0.511 e. The van der Waals surface area contributed by atoms with Crippen molar-refractivity contribution in [1.82, 2.24) is 0 Å². The van der Waals surface area contributed by atoms with E-state index in [1.165, 1.54) is 7.11 Å². The fourth-order valence-electron chi connectivity index (χ4n) is 1.34. The summed E-state index contributed by atoms with van der Waals surface area (Å²) in [4.78, 5) is 0. The highest BCUT2D eigenvalue weighted by Crippen LogP contribution is 2.40. The van der Waals surface area contributed by atoms with Crippen molar-refractivity contribution in [2.75, 3.05) is 7.11 Å². The molecule has 1 rings (SSSR count). The van der Waals surface area contributed by atoms with Gasteiger partial charge in [0.05, 0.1) is 28.1 Å². The molecule has 0 saturated heterocycles. The zero-order chi connectivity index (χ0) is 11.6. The molecule has 82 valence electrons. The van der Waals surface area contributed by atoms with Crippen molar-refractivity contribution in [2.24, 2.45) is 5.92 Å². The fourth-order valence-corrected chi connectivity index (χ4v) is 2.95. The van der Waals surface area contributed by atoms with Gasteiger partial charge in [-0.25, -0.2) is 0 Å². The lowest BCUT2D eigenvalue weighted by Gasteiger charge is -2.27. The topological polar surface area (TPSA) is 73.5 Å². The van der Waals surface area contributed by atoms with E-state index in [4.69, 9.17) is 10.00 Å². The van der Waals surface area contributed by atoms with Crippen molar-refractivity contribution in [3.63, 3.8) is 0 Å². The molecule has 6 heteroatoms. The maximum atomic E-state index is 9.81. The van der Waals surface area contributed by atoms with E-state index >= 15 is 0 Å². The number of aliphatic hydroxyl groups is 2. The Labute approximate surface area is 104 Å². The number of nitriles is 1. The molecule has 0 fully saturated rings. The fraction of sp³-hybridized carbons (Fsp3) is 0.444. The highest BCUT2D eigenvalue weighted by Gasteiger charge is 2.35. The van der Waals surface area contributed by atoms with Crippen LogP contribution in [0.1, 0.15) is 6.42 Å². The van der Waals surface area contributed by atoms with Crippen molar-refractivity contribution >= 4 is 31.9 Å². The molecule has 0 bridgehead atoms. The van der Waals surface area contributed by atoms with Crippen molar-refractivity contribution in [1.29, 1.82) is 5.26 Å². The number of nitrogens with zero attached hydrogens (tertiary/aromatic N) is 1. The standard InChI is InChI=1S/C9H9Br2NO3/c1-15-9-5(10)7(13)4(2-3-12)8(14)6(9)11/h4,7,13-14H,2H2,1H3. The summed E-state index contributed by atoms with van der Waals surface area (Å²) >= 11 is 6.33. The van der Waals surface area contributed by atoms with Gasteiger partial charge >= 0.3 is 0 Å². The van der Waals surface area contributed by atoms with E-state index in [9.17, 15) is 10.2 Å². The van der Waals surface area contributed by atoms with E-state index in [-0.39, 0.29) is 12.2 Å². The molecule has 15 heavy (non-hydrogen) atoms. The first-order valence-corrected chi connectivity index (χ1v) is 5.70. The van der Waals surface area contributed by atoms with Crippen LogP contribution in [0.3, 0.4) is 0 Å². The van der Waals surface area contributed by atoms with Crippen molar-refractivity contribution in [2.45, 2.75) is 12.5 Å². The van der Waals surface area contributed by atoms with Crippen LogP contribution in [-0.2, 0) is 4.74 Å². The summed E-state index contributed by atoms with van der Waals surface area (Å²) in [5, 5.41) is 28.1. The lowest BCUT2D eigenvalue weighted by molar-refractivity contribution is 0.127. The zero-order valence-electron chi connectivity index (χ0n) is 7.87. The molecular weight excluding hydrogens is 330 g/mol. The molecular formula is C9H9Br2NO3. The summed E-state index contributed by atoms with van der Waals surface area (Å²) in [6, 6.07) is 1.91. The van der Waals surface area contributed by atoms with E-state index in [1.807, 2.05) is 6.07 Å². The minimum atomic E-state index is -0.958. The average molecular weight is 339 g/mol. The molecule has 1 aliphatic rings. The van der Waals surface area contributed by atoms with E-state index in [1.54, 1.807) is 0 Å². The molecule has 0 aromatic heterocycles. The van der Waals surface area contributed by atoms with Crippen LogP contribution in [0.4, 0.5) is 0 Å². The van der Waals surface area contributed by atoms with E-state index in [0.717, 1.165) is 0 Å². The zero-order valence-corrected chi connectivity index (χ0v) is 11.0. The van der Waals surface area contributed by atoms with Gasteiger partial charge < -0.3 is 14.9 Å². The number of halogens is 2. The minimum absolute atomic E-state index is 0.0359. The predicted molar refractivity (Wildman–Crippen MR) is 61.3 cm³/mol. The van der Waals surface area contributed by atoms with E-state index < -0.39 is 12.0 Å². The van der Waals surface area contributed by atoms with E-state index in [2.05, 4.69) is 31.9 Å². The molecule has 2 atom stereocenters. The second-order valence-corrected chi connectivity index (χ2v) is 4.64. The molecule has 0 spiro atoms. The maximum absolute atomic E-state index is 9.81. The van der Waals surface area contributed by atoms with Crippen molar-refractivity contribution in [3.8, 4) is 6.07 Å². The minimum Gasteiger partial charge on any atom is -0.511 e. The number of aliphatic hydroxyl groups excluding tert-OH is 2. The molecule has 2 N–H and O–H groups in total. The van der Waals surface area contributed by atoms with E-state index in [0.29, 0.717) is 14.7 Å². The average Bonchev–Trinajstić information content (AvgIpc) is 2.23. The SMILES string of the molecule is COC1=C(Br)C(O)C(CC#N)C(O)=C1Br. The molecule has 0 aromatic carbocycles. The van der Waals surface area contributed by atoms with Crippen LogP contribution in [0.5, 0.6) is 0 Å². The predicted octanol–water partition coefficient (Wildman–Crippen LogP) is 2.31. The second-order valence-electron chi connectivity index (χ2n) is 2.99. The normalized spacial score (nSPS) is 26.6. The number of ether oxygens (including phenoxy) is 1. The number of hydrogen-bond donors (Lipinski definition) is 2. The Morgan fingerprint density at radius 2 is 2.13 bits per heavy atom. The van der Waals surface area contributed by atoms with Crippen LogP contribution in [-0.4, -0.2) is 23.4 Å². The Hall–Kier alpha value is -0.510. The Balaban J connectivity index is 3.16. The summed E-state index contributed by atoms with van der Waals surface area (Å²) in [5.41, 5.74) is 0. The van der Waals surface area contributed by atoms with Crippen LogP contribution < -0.4 is 0 Å². The molecule has 0 radical (unpaired) electrons. The van der Waals surface area contributed by atoms with Gasteiger partial charge in [-0.2, -0.15) is 5.26 Å². The van der Waals surface area contributed by atoms with Gasteiger partial charge in [-0.15, -0.1) is 0 Å². The Kier molecular flexibility index (Phi) is 4.20. The first kappa shape index (κ1) is 12.6. The third-order valence-electron chi connectivity index (χ3n) is 2.15. The summed E-state index contributed by atoms with van der Waals surface area (Å²) in [6.07, 6.45) is -0.922. The number of hydrogen-bond acceptors (Lipinski definition) is 4. The monoisotopic (exact) mass is 337 g/mol. The molecule has 2 unspecified atom stereocenters. The summed E-state index contributed by atoms with van der Waals surface area (Å²) < 4.78 is 5.80. The lowest BCUT2D eigenvalue weighted by atomic mass is 9.92. The van der Waals surface area contributed by atoms with Crippen LogP contribution in [0.15, 0.2) is 20.5 Å².